The van der Waals surface area contributed by atoms with Crippen molar-refractivity contribution in [3.8, 4) is 0 Å². The molecule has 10 N–H and O–H groups in total. The zero-order chi connectivity index (χ0) is 0. The van der Waals surface area contributed by atoms with Gasteiger partial charge in [0.15, 0.2) is 0 Å². The average Bonchev–Trinajstić information content (AvgIpc) is 0. The van der Waals surface area contributed by atoms with Gasteiger partial charge >= 0.3 is 16.8 Å². The van der Waals surface area contributed by atoms with Crippen LogP contribution < -0.4 is 0 Å². The van der Waals surface area contributed by atoms with Crippen molar-refractivity contribution < 1.29 is 44.2 Å². The Morgan fingerprint density at radius 2 is 0.375 bits per heavy atom. The summed E-state index contributed by atoms with van der Waals surface area (Å²) in [4.78, 5) is 0. The maximum atomic E-state index is 0. The molecule has 63 valence electrons. The topological polar surface area (TPSA) is 158 Å². The Kier molecular flexibility index (Phi) is 41800. The van der Waals surface area contributed by atoms with Crippen molar-refractivity contribution in [1.82, 2.24) is 0 Å². The van der Waals surface area contributed by atoms with E-state index in [1.54, 1.807) is 0 Å². The molecule has 0 aliphatic carbocycles. The van der Waals surface area contributed by atoms with Gasteiger partial charge < -0.3 is 27.4 Å². The molecule has 8 heteroatoms. The van der Waals surface area contributed by atoms with Crippen LogP contribution in [-0.4, -0.2) is 27.4 Å². The summed E-state index contributed by atoms with van der Waals surface area (Å²) in [5, 5.41) is 0. The minimum atomic E-state index is 0. The van der Waals surface area contributed by atoms with Crippen molar-refractivity contribution in [2.24, 2.45) is 0 Å². The van der Waals surface area contributed by atoms with E-state index in [1.165, 1.54) is 0 Å². The predicted octanol–water partition coefficient (Wildman–Crippen LogP) is -3.28. The van der Waals surface area contributed by atoms with Crippen molar-refractivity contribution in [1.29, 1.82) is 0 Å². The third kappa shape index (κ3) is 304. The van der Waals surface area contributed by atoms with E-state index in [0.29, 0.717) is 0 Å². The van der Waals surface area contributed by atoms with Gasteiger partial charge in [-0.25, -0.2) is 0 Å². The van der Waals surface area contributed by atoms with Crippen molar-refractivity contribution in [2.75, 3.05) is 0 Å². The Hall–Kier alpha value is 0.886. The van der Waals surface area contributed by atoms with Crippen LogP contribution in [0.5, 0.6) is 0 Å². The van der Waals surface area contributed by atoms with Crippen LogP contribution in [0.4, 0.5) is 0 Å². The van der Waals surface area contributed by atoms with Gasteiger partial charge in [0.2, 0.25) is 0 Å². The molecular formula is H12Cl2CoO5+2. The predicted molar refractivity (Wildman–Crippen MR) is 32.6 cm³/mol. The second-order valence-corrected chi connectivity index (χ2v) is 0. The van der Waals surface area contributed by atoms with Gasteiger partial charge in [-0.05, 0) is 0 Å². The molecule has 0 aliphatic heterocycles. The third-order valence-corrected chi connectivity index (χ3v) is 0. The Labute approximate surface area is 69.4 Å². The molecule has 5 nitrogen and oxygen atoms in total. The summed E-state index contributed by atoms with van der Waals surface area (Å²) < 4.78 is 0. The molecule has 8 heavy (non-hydrogen) atoms. The van der Waals surface area contributed by atoms with Gasteiger partial charge in [-0.15, -0.1) is 24.8 Å². The van der Waals surface area contributed by atoms with E-state index in [9.17, 15) is 0 Å². The molecule has 0 rings (SSSR count). The van der Waals surface area contributed by atoms with E-state index < -0.39 is 0 Å². The van der Waals surface area contributed by atoms with Gasteiger partial charge in [0.05, 0.1) is 0 Å². The summed E-state index contributed by atoms with van der Waals surface area (Å²) in [6.45, 7) is 0. The first kappa shape index (κ1) is 703. The molecule has 0 saturated carbocycles. The molecule has 0 aromatic heterocycles. The van der Waals surface area contributed by atoms with Crippen molar-refractivity contribution in [2.45, 2.75) is 0 Å². The van der Waals surface area contributed by atoms with E-state index in [1.807, 2.05) is 0 Å². The minimum absolute atomic E-state index is 0. The zero-order valence-corrected chi connectivity index (χ0v) is 6.32. The van der Waals surface area contributed by atoms with E-state index in [4.69, 9.17) is 0 Å². The fourth-order valence-electron chi connectivity index (χ4n) is 0. The second kappa shape index (κ2) is 476. The van der Waals surface area contributed by atoms with Gasteiger partial charge in [0.1, 0.15) is 0 Å². The van der Waals surface area contributed by atoms with Crippen LogP contribution in [0.1, 0.15) is 0 Å². The molecule has 0 spiro atoms. The van der Waals surface area contributed by atoms with Gasteiger partial charge in [-0.2, -0.15) is 0 Å². The maximum Gasteiger partial charge on any atom is 2.00 e. The normalized spacial score (nSPS) is 0. The smallest absolute Gasteiger partial charge is 0.412 e. The fourth-order valence-corrected chi connectivity index (χ4v) is 0. The molecule has 0 bridgehead atoms. The molecule has 0 fully saturated rings. The second-order valence-electron chi connectivity index (χ2n) is 0. The van der Waals surface area contributed by atoms with Crippen LogP contribution in [0.2, 0.25) is 0 Å². The Balaban J connectivity index is 0. The molecule has 0 atom stereocenters. The fraction of sp³-hybridized carbons (Fsp3) is 0. The number of hydrogen-bond donors (Lipinski definition) is 0. The largest absolute Gasteiger partial charge is 2.00 e. The molecule has 0 saturated heterocycles. The first-order chi connectivity index (χ1) is 0. The van der Waals surface area contributed by atoms with Crippen LogP contribution in [0, 0.1) is 0 Å². The van der Waals surface area contributed by atoms with E-state index in [2.05, 4.69) is 0 Å². The SMILES string of the molecule is Cl.Cl.O.O.O.O.O.[Co+2]. The number of halogens is 2. The summed E-state index contributed by atoms with van der Waals surface area (Å²) in [6, 6.07) is 0. The third-order valence-electron chi connectivity index (χ3n) is 0. The number of hydrogen-bond acceptors (Lipinski definition) is 0. The molecule has 0 aromatic rings. The Morgan fingerprint density at radius 3 is 0.375 bits per heavy atom. The summed E-state index contributed by atoms with van der Waals surface area (Å²) in [5.41, 5.74) is 0. The molecule has 0 aliphatic rings. The quantitative estimate of drug-likeness (QED) is 0.402. The van der Waals surface area contributed by atoms with E-state index in [-0.39, 0.29) is 69.0 Å². The molecule has 0 aromatic carbocycles. The van der Waals surface area contributed by atoms with Crippen LogP contribution in [0.15, 0.2) is 0 Å². The summed E-state index contributed by atoms with van der Waals surface area (Å²) in [6.07, 6.45) is 0. The van der Waals surface area contributed by atoms with Gasteiger partial charge in [0.25, 0.3) is 0 Å². The van der Waals surface area contributed by atoms with Gasteiger partial charge in [-0.1, -0.05) is 0 Å². The summed E-state index contributed by atoms with van der Waals surface area (Å²) in [7, 11) is 0. The van der Waals surface area contributed by atoms with Crippen LogP contribution in [0.25, 0.3) is 0 Å². The monoisotopic (exact) mass is 221 g/mol. The van der Waals surface area contributed by atoms with Crippen molar-refractivity contribution >= 4 is 24.8 Å². The molecule has 1 radical (unpaired) electrons. The first-order valence-electron chi connectivity index (χ1n) is 0. The minimum Gasteiger partial charge on any atom is -0.412 e. The summed E-state index contributed by atoms with van der Waals surface area (Å²) in [5.74, 6) is 0. The molecule has 0 heterocycles. The standard InChI is InChI=1S/2ClH.Co.5H2O/h2*1H;;5*1H2/q;;+2;;;;;. The van der Waals surface area contributed by atoms with Crippen molar-refractivity contribution in [3.63, 3.8) is 0 Å². The summed E-state index contributed by atoms with van der Waals surface area (Å²) >= 11 is 0. The Bertz CT molecular complexity index is 10.4. The molecular weight excluding hydrogens is 210 g/mol. The average molecular weight is 222 g/mol. The molecule has 0 amide bonds. The Morgan fingerprint density at radius 1 is 0.375 bits per heavy atom. The first-order valence-corrected chi connectivity index (χ1v) is 0. The number of rotatable bonds is 0. The van der Waals surface area contributed by atoms with Gasteiger partial charge in [0, 0.05) is 0 Å². The van der Waals surface area contributed by atoms with Gasteiger partial charge in [-0.3, -0.25) is 0 Å². The van der Waals surface area contributed by atoms with Crippen LogP contribution in [-0.2, 0) is 16.8 Å². The maximum absolute atomic E-state index is 0. The van der Waals surface area contributed by atoms with Crippen LogP contribution >= 0.6 is 24.8 Å². The van der Waals surface area contributed by atoms with E-state index in [0.717, 1.165) is 0 Å². The van der Waals surface area contributed by atoms with Crippen LogP contribution in [0.3, 0.4) is 0 Å². The van der Waals surface area contributed by atoms with E-state index >= 15 is 0 Å². The zero-order valence-electron chi connectivity index (χ0n) is 3.65. The molecule has 0 unspecified atom stereocenters. The van der Waals surface area contributed by atoms with Crippen molar-refractivity contribution in [3.05, 3.63) is 0 Å².